The van der Waals surface area contributed by atoms with Gasteiger partial charge in [0, 0.05) is 18.4 Å². The quantitative estimate of drug-likeness (QED) is 0.358. The van der Waals surface area contributed by atoms with Crippen molar-refractivity contribution in [3.63, 3.8) is 0 Å². The predicted octanol–water partition coefficient (Wildman–Crippen LogP) is 3.14. The van der Waals surface area contributed by atoms with Crippen LogP contribution in [0.15, 0.2) is 35.2 Å². The monoisotopic (exact) mass is 363 g/mol. The maximum Gasteiger partial charge on any atom is 0.343 e. The van der Waals surface area contributed by atoms with Crippen molar-refractivity contribution >= 4 is 21.5 Å². The summed E-state index contributed by atoms with van der Waals surface area (Å²) in [6.45, 7) is 5.42. The fourth-order valence-electron chi connectivity index (χ4n) is 2.25. The summed E-state index contributed by atoms with van der Waals surface area (Å²) in [5.41, 5.74) is 1.72. The van der Waals surface area contributed by atoms with Crippen molar-refractivity contribution in [1.29, 1.82) is 0 Å². The summed E-state index contributed by atoms with van der Waals surface area (Å²) in [5.74, 6) is -0.497. The fraction of sp³-hybridized carbons (Fsp3) is 0.235. The lowest BCUT2D eigenvalue weighted by Crippen LogP contribution is -2.12. The van der Waals surface area contributed by atoms with Crippen LogP contribution >= 0.6 is 0 Å². The van der Waals surface area contributed by atoms with Crippen LogP contribution in [0.1, 0.15) is 27.0 Å². The summed E-state index contributed by atoms with van der Waals surface area (Å²) in [6.07, 6.45) is 0.913. The third kappa shape index (κ3) is 4.03. The number of nitro benzene ring substituents is 1. The smallest absolute Gasteiger partial charge is 0.343 e. The van der Waals surface area contributed by atoms with E-state index in [1.807, 2.05) is 13.0 Å². The van der Waals surface area contributed by atoms with E-state index in [0.717, 1.165) is 41.1 Å². The Morgan fingerprint density at radius 1 is 1.08 bits per heavy atom. The molecule has 0 aromatic heterocycles. The number of benzene rings is 2. The maximum atomic E-state index is 12.4. The largest absolute Gasteiger partial charge is 0.422 e. The Balaban J connectivity index is 2.52. The molecule has 0 spiro atoms. The van der Waals surface area contributed by atoms with Crippen molar-refractivity contribution in [1.82, 2.24) is 0 Å². The van der Waals surface area contributed by atoms with E-state index >= 15 is 0 Å². The molecule has 0 bridgehead atoms. The standard InChI is InChI=1S/C17H17NO6S/c1-10-5-6-11(2)16(12(10)3)24-17(19)13-7-14(18(20)21)9-15(8-13)25(4,22)23/h5-9H,1-4H3. The van der Waals surface area contributed by atoms with Crippen LogP contribution < -0.4 is 4.74 Å². The van der Waals surface area contributed by atoms with E-state index in [1.165, 1.54) is 0 Å². The van der Waals surface area contributed by atoms with Crippen LogP contribution in [0.2, 0.25) is 0 Å². The van der Waals surface area contributed by atoms with Gasteiger partial charge in [0.2, 0.25) is 0 Å². The third-order valence-corrected chi connectivity index (χ3v) is 4.93. The van der Waals surface area contributed by atoms with Gasteiger partial charge < -0.3 is 4.74 Å². The predicted molar refractivity (Wildman–Crippen MR) is 91.8 cm³/mol. The Morgan fingerprint density at radius 3 is 2.24 bits per heavy atom. The van der Waals surface area contributed by atoms with Gasteiger partial charge in [0.25, 0.3) is 5.69 Å². The minimum Gasteiger partial charge on any atom is -0.422 e. The molecular weight excluding hydrogens is 346 g/mol. The molecule has 0 fully saturated rings. The first-order valence-electron chi connectivity index (χ1n) is 7.29. The number of ether oxygens (including phenoxy) is 1. The normalized spacial score (nSPS) is 11.2. The zero-order chi connectivity index (χ0) is 18.9. The first-order valence-corrected chi connectivity index (χ1v) is 9.18. The molecule has 0 heterocycles. The van der Waals surface area contributed by atoms with Crippen LogP contribution in [-0.2, 0) is 9.84 Å². The molecule has 0 saturated carbocycles. The van der Waals surface area contributed by atoms with E-state index in [9.17, 15) is 23.3 Å². The molecule has 25 heavy (non-hydrogen) atoms. The SMILES string of the molecule is Cc1ccc(C)c(OC(=O)c2cc([N+](=O)[O-])cc(S(C)(=O)=O)c2)c1C. The molecular formula is C17H17NO6S. The van der Waals surface area contributed by atoms with Crippen LogP contribution in [0.4, 0.5) is 5.69 Å². The molecule has 132 valence electrons. The first kappa shape index (κ1) is 18.6. The second-order valence-corrected chi connectivity index (χ2v) is 7.80. The van der Waals surface area contributed by atoms with Gasteiger partial charge in [-0.15, -0.1) is 0 Å². The summed E-state index contributed by atoms with van der Waals surface area (Å²) in [4.78, 5) is 22.4. The van der Waals surface area contributed by atoms with E-state index in [1.54, 1.807) is 19.9 Å². The summed E-state index contributed by atoms with van der Waals surface area (Å²) in [7, 11) is -3.72. The average molecular weight is 363 g/mol. The summed E-state index contributed by atoms with van der Waals surface area (Å²) in [5, 5.41) is 11.0. The Morgan fingerprint density at radius 2 is 1.68 bits per heavy atom. The number of esters is 1. The van der Waals surface area contributed by atoms with E-state index in [4.69, 9.17) is 4.74 Å². The van der Waals surface area contributed by atoms with Gasteiger partial charge in [-0.25, -0.2) is 13.2 Å². The lowest BCUT2D eigenvalue weighted by atomic mass is 10.1. The summed E-state index contributed by atoms with van der Waals surface area (Å²) in [6, 6.07) is 6.66. The molecule has 0 atom stereocenters. The molecule has 0 aliphatic rings. The molecule has 0 amide bonds. The number of rotatable bonds is 4. The van der Waals surface area contributed by atoms with Crippen LogP contribution in [-0.4, -0.2) is 25.6 Å². The van der Waals surface area contributed by atoms with E-state index in [-0.39, 0.29) is 10.5 Å². The molecule has 0 aliphatic heterocycles. The minimum atomic E-state index is -3.72. The fourth-order valence-corrected chi connectivity index (χ4v) is 2.93. The van der Waals surface area contributed by atoms with Crippen molar-refractivity contribution in [3.8, 4) is 5.75 Å². The lowest BCUT2D eigenvalue weighted by molar-refractivity contribution is -0.385. The Labute approximate surface area is 145 Å². The highest BCUT2D eigenvalue weighted by atomic mass is 32.2. The van der Waals surface area contributed by atoms with Gasteiger partial charge in [0.05, 0.1) is 15.4 Å². The number of nitro groups is 1. The second-order valence-electron chi connectivity index (χ2n) is 5.79. The highest BCUT2D eigenvalue weighted by molar-refractivity contribution is 7.90. The number of sulfone groups is 1. The first-order chi connectivity index (χ1) is 11.5. The van der Waals surface area contributed by atoms with Gasteiger partial charge in [-0.3, -0.25) is 10.1 Å². The number of carbonyl (C=O) groups is 1. The van der Waals surface area contributed by atoms with Gasteiger partial charge in [0.15, 0.2) is 9.84 Å². The van der Waals surface area contributed by atoms with Crippen LogP contribution in [0.25, 0.3) is 0 Å². The van der Waals surface area contributed by atoms with Crippen molar-refractivity contribution in [2.24, 2.45) is 0 Å². The molecule has 0 N–H and O–H groups in total. The Bertz CT molecular complexity index is 979. The minimum absolute atomic E-state index is 0.199. The number of non-ortho nitro benzene ring substituents is 1. The van der Waals surface area contributed by atoms with Crippen molar-refractivity contribution in [2.45, 2.75) is 25.7 Å². The van der Waals surface area contributed by atoms with Gasteiger partial charge in [-0.05, 0) is 43.5 Å². The molecule has 2 aromatic rings. The number of hydrogen-bond acceptors (Lipinski definition) is 6. The topological polar surface area (TPSA) is 104 Å². The molecule has 8 heteroatoms. The number of hydrogen-bond donors (Lipinski definition) is 0. The number of nitrogens with zero attached hydrogens (tertiary/aromatic N) is 1. The van der Waals surface area contributed by atoms with E-state index < -0.39 is 26.4 Å². The summed E-state index contributed by atoms with van der Waals surface area (Å²) < 4.78 is 28.8. The van der Waals surface area contributed by atoms with Gasteiger partial charge in [-0.1, -0.05) is 12.1 Å². The third-order valence-electron chi connectivity index (χ3n) is 3.83. The van der Waals surface area contributed by atoms with Gasteiger partial charge in [0.1, 0.15) is 5.75 Å². The molecule has 0 unspecified atom stereocenters. The molecule has 0 aliphatic carbocycles. The Kier molecular flexibility index (Phi) is 4.94. The zero-order valence-electron chi connectivity index (χ0n) is 14.2. The zero-order valence-corrected chi connectivity index (χ0v) is 15.0. The number of carbonyl (C=O) groups excluding carboxylic acids is 1. The van der Waals surface area contributed by atoms with Gasteiger partial charge >= 0.3 is 5.97 Å². The molecule has 2 aromatic carbocycles. The van der Waals surface area contributed by atoms with E-state index in [2.05, 4.69) is 0 Å². The van der Waals surface area contributed by atoms with E-state index in [0.29, 0.717) is 5.75 Å². The molecule has 2 rings (SSSR count). The van der Waals surface area contributed by atoms with Crippen molar-refractivity contribution in [2.75, 3.05) is 6.26 Å². The molecule has 7 nitrogen and oxygen atoms in total. The molecule has 0 radical (unpaired) electrons. The average Bonchev–Trinajstić information content (AvgIpc) is 2.53. The Hall–Kier alpha value is -2.74. The number of aryl methyl sites for hydroxylation is 2. The summed E-state index contributed by atoms with van der Waals surface area (Å²) >= 11 is 0. The lowest BCUT2D eigenvalue weighted by Gasteiger charge is -2.12. The molecule has 0 saturated heterocycles. The maximum absolute atomic E-state index is 12.4. The van der Waals surface area contributed by atoms with Gasteiger partial charge in [-0.2, -0.15) is 0 Å². The van der Waals surface area contributed by atoms with Crippen LogP contribution in [0.3, 0.4) is 0 Å². The second kappa shape index (κ2) is 6.64. The highest BCUT2D eigenvalue weighted by Crippen LogP contribution is 2.28. The van der Waals surface area contributed by atoms with Crippen LogP contribution in [0.5, 0.6) is 5.75 Å². The highest BCUT2D eigenvalue weighted by Gasteiger charge is 2.21. The van der Waals surface area contributed by atoms with Crippen molar-refractivity contribution in [3.05, 3.63) is 62.7 Å². The van der Waals surface area contributed by atoms with Crippen LogP contribution in [0, 0.1) is 30.9 Å². The van der Waals surface area contributed by atoms with Crippen molar-refractivity contribution < 1.29 is 22.9 Å².